The van der Waals surface area contributed by atoms with Crippen molar-refractivity contribution < 1.29 is 79.5 Å². The quantitative estimate of drug-likeness (QED) is 0.0531. The molecule has 23 heteroatoms. The number of aliphatic hydroxyl groups is 8. The third kappa shape index (κ3) is 18.0. The number of rotatable bonds is 20. The van der Waals surface area contributed by atoms with Gasteiger partial charge in [-0.25, -0.2) is 0 Å². The second-order valence-electron chi connectivity index (χ2n) is 20.1. The number of nitrogens with zero attached hydrogens (tertiary/aromatic N) is 2. The van der Waals surface area contributed by atoms with Gasteiger partial charge in [-0.3, -0.25) is 33.6 Å². The molecule has 1 aromatic carbocycles. The van der Waals surface area contributed by atoms with Crippen LogP contribution in [-0.2, 0) is 33.6 Å². The van der Waals surface area contributed by atoms with Gasteiger partial charge in [0.15, 0.2) is 6.23 Å². The van der Waals surface area contributed by atoms with Crippen molar-refractivity contribution >= 4 is 41.4 Å². The molecule has 3 fully saturated rings. The molecular formula is C52H81N7O16. The van der Waals surface area contributed by atoms with E-state index in [9.17, 15) is 79.5 Å². The van der Waals surface area contributed by atoms with Crippen LogP contribution in [0, 0.1) is 5.92 Å². The van der Waals surface area contributed by atoms with Gasteiger partial charge in [0.1, 0.15) is 60.3 Å². The number of nitrogens with one attached hydrogen (secondary N) is 5. The first-order valence-corrected chi connectivity index (χ1v) is 26.2. The predicted molar refractivity (Wildman–Crippen MR) is 271 cm³/mol. The first-order valence-electron chi connectivity index (χ1n) is 26.2. The molecule has 3 saturated heterocycles. The lowest BCUT2D eigenvalue weighted by Gasteiger charge is -2.34. The Morgan fingerprint density at radius 2 is 1.24 bits per heavy atom. The average molecular weight is 1060 g/mol. The molecule has 75 heavy (non-hydrogen) atoms. The van der Waals surface area contributed by atoms with Crippen molar-refractivity contribution in [2.45, 2.75) is 203 Å². The average Bonchev–Trinajstić information content (AvgIpc) is 3.91. The fourth-order valence-corrected chi connectivity index (χ4v) is 9.39. The molecule has 0 bridgehead atoms. The lowest BCUT2D eigenvalue weighted by molar-refractivity contribution is -0.148. The summed E-state index contributed by atoms with van der Waals surface area (Å²) in [7, 11) is 0. The van der Waals surface area contributed by atoms with E-state index in [2.05, 4.69) is 57.8 Å². The minimum atomic E-state index is -2.27. The molecule has 4 rings (SSSR count). The summed E-state index contributed by atoms with van der Waals surface area (Å²) in [6, 6.07) is -6.61. The van der Waals surface area contributed by atoms with Gasteiger partial charge in [0, 0.05) is 38.3 Å². The number of hydrogen-bond acceptors (Lipinski definition) is 16. The third-order valence-corrected chi connectivity index (χ3v) is 13.9. The van der Waals surface area contributed by atoms with Crippen molar-refractivity contribution in [1.82, 2.24) is 36.4 Å². The van der Waals surface area contributed by atoms with Gasteiger partial charge in [0.25, 0.3) is 0 Å². The van der Waals surface area contributed by atoms with E-state index in [0.717, 1.165) is 74.3 Å². The maximum atomic E-state index is 14.3. The second kappa shape index (κ2) is 30.3. The molecule has 3 aliphatic rings. The molecule has 23 nitrogen and oxygen atoms in total. The maximum Gasteiger partial charge on any atom is 0.248 e. The number of carbonyl (C=O) groups excluding carboxylic acids is 7. The molecule has 0 aromatic heterocycles. The van der Waals surface area contributed by atoms with Gasteiger partial charge in [-0.2, -0.15) is 0 Å². The Morgan fingerprint density at radius 1 is 0.680 bits per heavy atom. The Morgan fingerprint density at radius 3 is 1.85 bits per heavy atom. The summed E-state index contributed by atoms with van der Waals surface area (Å²) < 4.78 is 0. The van der Waals surface area contributed by atoms with E-state index in [1.54, 1.807) is 0 Å². The number of carbonyl (C=O) groups is 7. The molecule has 14 N–H and O–H groups in total. The number of benzene rings is 1. The van der Waals surface area contributed by atoms with Gasteiger partial charge < -0.3 is 82.3 Å². The van der Waals surface area contributed by atoms with Gasteiger partial charge in [-0.1, -0.05) is 82.4 Å². The molecule has 3 aliphatic heterocycles. The van der Waals surface area contributed by atoms with Crippen LogP contribution in [0.25, 0.3) is 0 Å². The zero-order valence-corrected chi connectivity index (χ0v) is 43.4. The summed E-state index contributed by atoms with van der Waals surface area (Å²) in [6.07, 6.45) is 2.50. The van der Waals surface area contributed by atoms with Crippen LogP contribution in [0.1, 0.15) is 129 Å². The minimum Gasteiger partial charge on any atom is -0.508 e. The van der Waals surface area contributed by atoms with Crippen LogP contribution < -0.4 is 26.6 Å². The highest BCUT2D eigenvalue weighted by Gasteiger charge is 2.50. The van der Waals surface area contributed by atoms with E-state index >= 15 is 0 Å². The number of aliphatic hydroxyl groups excluding tert-OH is 8. The summed E-state index contributed by atoms with van der Waals surface area (Å²) in [5.74, 6) is -8.97. The number of allylic oxidation sites excluding steroid dienone is 4. The Hall–Kier alpha value is -5.53. The standard InChI is InChI=1S/C52H81N7O16/c1-5-6-7-8-9-10-11-12-13-14-15-16-17-18-19-20-38(65)53-35-26-37(64)48(71)57-50(73)42-43(66)29(2)27-59(42)52(75)40(31(4)61)55-49(72)41(45(68)44(67)32-21-23-33(62)24-22-32)56-47(70)36-25-34(63)28-58(36)51(74)39(30(3)60)54-46(35)69/h9-10,12-13,21-24,29-31,34-37,39-45,48,60-64,66-68,71H,5-8,11,14-20,25-28H2,1-4H3,(H,53,65)(H,54,69)(H,55,72)(H,56,70)(H,57,73)/b10-9+,13-12+/t29-,30+,31+,34+,35+,36-,37+,39-,40+,41-,42-,43+,44-,45-,48+/m0/s1. The van der Waals surface area contributed by atoms with Gasteiger partial charge in [0.2, 0.25) is 41.4 Å². The van der Waals surface area contributed by atoms with E-state index in [1.165, 1.54) is 38.3 Å². The van der Waals surface area contributed by atoms with E-state index in [1.807, 2.05) is 0 Å². The van der Waals surface area contributed by atoms with Crippen LogP contribution in [0.4, 0.5) is 0 Å². The highest BCUT2D eigenvalue weighted by molar-refractivity contribution is 5.98. The number of phenolic OH excluding ortho intramolecular Hbond substituents is 1. The molecule has 3 heterocycles. The van der Waals surface area contributed by atoms with Crippen LogP contribution >= 0.6 is 0 Å². The minimum absolute atomic E-state index is 0.0614. The highest BCUT2D eigenvalue weighted by Crippen LogP contribution is 2.28. The fraction of sp³-hybridized carbons (Fsp3) is 0.673. The molecule has 0 unspecified atom stereocenters. The van der Waals surface area contributed by atoms with Gasteiger partial charge in [0.05, 0.1) is 24.4 Å². The normalized spacial score (nSPS) is 29.4. The Labute approximate surface area is 437 Å². The first-order chi connectivity index (χ1) is 35.6. The Balaban J connectivity index is 1.62. The SMILES string of the molecule is CCCCC/C=C/C/C=C/CCCCCCCC(=O)N[C@@H]1C[C@@H](O)[C@@H](O)NC(=O)[C@@H]2[C@H](O)[C@@H](C)CN2C(=O)[C@@H]([C@@H](C)O)NC(=O)[C@H]([C@H](O)[C@@H](O)c2ccc(O)cc2)NC(=O)[C@@H]2C[C@@H](O)CN2C(=O)[C@H]([C@@H](C)O)NC1=O. The zero-order chi connectivity index (χ0) is 55.5. The van der Waals surface area contributed by atoms with Crippen LogP contribution in [-0.4, -0.2) is 189 Å². The van der Waals surface area contributed by atoms with Crippen LogP contribution in [0.3, 0.4) is 0 Å². The number of unbranched alkanes of at least 4 members (excludes halogenated alkanes) is 8. The summed E-state index contributed by atoms with van der Waals surface area (Å²) >= 11 is 0. The fourth-order valence-electron chi connectivity index (χ4n) is 9.39. The Bertz CT molecular complexity index is 2110. The number of aromatic hydroxyl groups is 1. The van der Waals surface area contributed by atoms with Crippen molar-refractivity contribution in [2.75, 3.05) is 13.1 Å². The molecule has 1 aromatic rings. The van der Waals surface area contributed by atoms with Crippen molar-refractivity contribution in [3.63, 3.8) is 0 Å². The lowest BCUT2D eigenvalue weighted by Crippen LogP contribution is -2.64. The number of amides is 7. The third-order valence-electron chi connectivity index (χ3n) is 13.9. The number of hydrogen-bond donors (Lipinski definition) is 14. The van der Waals surface area contributed by atoms with Gasteiger partial charge in [-0.15, -0.1) is 0 Å². The first kappa shape index (κ1) is 62.0. The molecule has 0 spiro atoms. The number of fused-ring (bicyclic) bond motifs is 2. The predicted octanol–water partition coefficient (Wildman–Crippen LogP) is -1.33. The molecule has 0 saturated carbocycles. The Kier molecular flexibility index (Phi) is 25.0. The van der Waals surface area contributed by atoms with Crippen LogP contribution in [0.15, 0.2) is 48.6 Å². The summed E-state index contributed by atoms with van der Waals surface area (Å²) in [6.45, 7) is 4.97. The molecule has 0 radical (unpaired) electrons. The summed E-state index contributed by atoms with van der Waals surface area (Å²) in [5.41, 5.74) is -0.0614. The van der Waals surface area contributed by atoms with Crippen LogP contribution in [0.5, 0.6) is 5.75 Å². The highest BCUT2D eigenvalue weighted by atomic mass is 16.3. The lowest BCUT2D eigenvalue weighted by atomic mass is 9.96. The second-order valence-corrected chi connectivity index (χ2v) is 20.1. The van der Waals surface area contributed by atoms with E-state index in [4.69, 9.17) is 0 Å². The zero-order valence-electron chi connectivity index (χ0n) is 43.4. The van der Waals surface area contributed by atoms with E-state index in [-0.39, 0.29) is 24.3 Å². The van der Waals surface area contributed by atoms with Gasteiger partial charge >= 0.3 is 0 Å². The van der Waals surface area contributed by atoms with E-state index in [0.29, 0.717) is 12.8 Å². The summed E-state index contributed by atoms with van der Waals surface area (Å²) in [5, 5.41) is 110. The molecule has 15 atom stereocenters. The van der Waals surface area contributed by atoms with Gasteiger partial charge in [-0.05, 0) is 70.1 Å². The van der Waals surface area contributed by atoms with Crippen molar-refractivity contribution in [3.8, 4) is 5.75 Å². The smallest absolute Gasteiger partial charge is 0.248 e. The van der Waals surface area contributed by atoms with Crippen molar-refractivity contribution in [3.05, 3.63) is 54.1 Å². The topological polar surface area (TPSA) is 368 Å². The monoisotopic (exact) mass is 1060 g/mol. The van der Waals surface area contributed by atoms with E-state index < -0.39 is 152 Å². The van der Waals surface area contributed by atoms with Crippen LogP contribution in [0.2, 0.25) is 0 Å². The maximum absolute atomic E-state index is 14.3. The number of phenols is 1. The molecular weight excluding hydrogens is 979 g/mol. The largest absolute Gasteiger partial charge is 0.508 e. The summed E-state index contributed by atoms with van der Waals surface area (Å²) in [4.78, 5) is 100. The molecule has 420 valence electrons. The van der Waals surface area contributed by atoms with Crippen molar-refractivity contribution in [2.24, 2.45) is 5.92 Å². The molecule has 7 amide bonds. The molecule has 0 aliphatic carbocycles. The van der Waals surface area contributed by atoms with Crippen molar-refractivity contribution in [1.29, 1.82) is 0 Å².